The van der Waals surface area contributed by atoms with E-state index in [4.69, 9.17) is 13.8 Å². The number of aliphatic hydroxyl groups excluding tert-OH is 1. The number of amides is 1. The molecular weight excluding hydrogens is 781 g/mol. The number of carboxylic acids is 1. The van der Waals surface area contributed by atoms with Gasteiger partial charge < -0.3 is 25.2 Å². The monoisotopic (exact) mass is 858 g/mol. The van der Waals surface area contributed by atoms with Gasteiger partial charge in [0.15, 0.2) is 6.04 Å². The van der Waals surface area contributed by atoms with Gasteiger partial charge in [-0.3, -0.25) is 18.6 Å². The molecule has 0 aromatic rings. The Morgan fingerprint density at radius 3 is 1.48 bits per heavy atom. The Hall–Kier alpha value is -3.86. The number of nitrogens with one attached hydrogen (secondary N) is 1. The predicted octanol–water partition coefficient (Wildman–Crippen LogP) is 11.4. The minimum atomic E-state index is -4.78. The fourth-order valence-electron chi connectivity index (χ4n) is 5.16. The lowest BCUT2D eigenvalue weighted by Gasteiger charge is -2.18. The van der Waals surface area contributed by atoms with Crippen molar-refractivity contribution in [2.75, 3.05) is 19.8 Å². The number of hydrogen-bond acceptors (Lipinski definition) is 8. The third-order valence-electron chi connectivity index (χ3n) is 8.53. The third kappa shape index (κ3) is 40.9. The first-order valence-corrected chi connectivity index (χ1v) is 23.4. The Kier molecular flexibility index (Phi) is 39.2. The zero-order valence-electron chi connectivity index (χ0n) is 36.5. The van der Waals surface area contributed by atoms with Gasteiger partial charge in [0.25, 0.3) is 0 Å². The number of phosphoric ester groups is 1. The summed E-state index contributed by atoms with van der Waals surface area (Å²) in [5.74, 6) is -2.48. The highest BCUT2D eigenvalue weighted by Gasteiger charge is 2.28. The number of rotatable bonds is 39. The molecule has 1 amide bonds. The van der Waals surface area contributed by atoms with Gasteiger partial charge in [-0.25, -0.2) is 9.36 Å². The molecule has 0 rings (SSSR count). The van der Waals surface area contributed by atoms with Crippen molar-refractivity contribution >= 4 is 25.7 Å². The van der Waals surface area contributed by atoms with E-state index >= 15 is 0 Å². The molecule has 3 unspecified atom stereocenters. The topological polar surface area (TPSA) is 169 Å². The third-order valence-corrected chi connectivity index (χ3v) is 9.48. The minimum Gasteiger partial charge on any atom is -0.480 e. The lowest BCUT2D eigenvalue weighted by Crippen LogP contribution is -2.43. The molecule has 12 heteroatoms. The van der Waals surface area contributed by atoms with Crippen LogP contribution in [-0.4, -0.2) is 64.9 Å². The minimum absolute atomic E-state index is 0.119. The Morgan fingerprint density at radius 2 is 0.983 bits per heavy atom. The fourth-order valence-corrected chi connectivity index (χ4v) is 5.94. The van der Waals surface area contributed by atoms with E-state index in [0.717, 1.165) is 96.3 Å². The Labute approximate surface area is 361 Å². The van der Waals surface area contributed by atoms with Crippen LogP contribution in [-0.2, 0) is 32.7 Å². The van der Waals surface area contributed by atoms with Crippen LogP contribution in [0.3, 0.4) is 0 Å². The first-order valence-electron chi connectivity index (χ1n) is 21.9. The number of unbranched alkanes of at least 4 members (excludes halogenated alkanes) is 7. The molecule has 0 bridgehead atoms. The number of esters is 1. The maximum atomic E-state index is 12.3. The number of carbonyl (C=O) groups excluding carboxylic acids is 2. The van der Waals surface area contributed by atoms with E-state index in [9.17, 15) is 34.1 Å². The van der Waals surface area contributed by atoms with E-state index in [-0.39, 0.29) is 12.8 Å². The molecule has 0 heterocycles. The maximum Gasteiger partial charge on any atom is 0.472 e. The fraction of sp³-hybridized carbons (Fsp3) is 0.562. The standard InChI is InChI=1S/C48H76NO10P/c1-3-5-7-9-11-13-15-17-18-19-20-21-22-23-24-25-26-28-30-32-34-36-38-40-47(52)57-41-44(50)42-58-60(55,56)59-43-45(48(53)54)49-46(51)39-37-35-33-31-29-27-16-14-12-10-8-6-4-2/h5,7-8,10-11,13-14,16-18,20-21,23-24,26,28,32,34,44-45,50H,3-4,6,9,12,15,19,22,25,27,29-31,33,35-43H2,1-2H3,(H,49,51)(H,53,54)(H,55,56)/b7-5-,10-8-,13-11-,16-14-,18-17-,21-20-,24-23-,28-26-,34-32-. The number of aliphatic hydroxyl groups is 1. The average molecular weight is 858 g/mol. The van der Waals surface area contributed by atoms with Crippen LogP contribution in [0.4, 0.5) is 0 Å². The van der Waals surface area contributed by atoms with E-state index in [2.05, 4.69) is 116 Å². The molecule has 0 spiro atoms. The van der Waals surface area contributed by atoms with Gasteiger partial charge in [-0.1, -0.05) is 149 Å². The van der Waals surface area contributed by atoms with Gasteiger partial charge in [0.05, 0.1) is 13.2 Å². The maximum absolute atomic E-state index is 12.3. The summed E-state index contributed by atoms with van der Waals surface area (Å²) in [6.07, 6.45) is 54.1. The van der Waals surface area contributed by atoms with E-state index in [1.54, 1.807) is 0 Å². The number of aliphatic carboxylic acids is 1. The molecule has 60 heavy (non-hydrogen) atoms. The molecule has 0 saturated carbocycles. The zero-order valence-corrected chi connectivity index (χ0v) is 37.4. The van der Waals surface area contributed by atoms with Crippen molar-refractivity contribution in [2.24, 2.45) is 0 Å². The van der Waals surface area contributed by atoms with Crippen LogP contribution in [0.15, 0.2) is 109 Å². The highest BCUT2D eigenvalue weighted by Crippen LogP contribution is 2.43. The normalized spacial score (nSPS) is 14.7. The van der Waals surface area contributed by atoms with Crippen LogP contribution < -0.4 is 5.32 Å². The first-order chi connectivity index (χ1) is 29.1. The van der Waals surface area contributed by atoms with Crippen LogP contribution in [0.1, 0.15) is 142 Å². The molecule has 11 nitrogen and oxygen atoms in total. The van der Waals surface area contributed by atoms with E-state index in [0.29, 0.717) is 19.3 Å². The van der Waals surface area contributed by atoms with Crippen molar-refractivity contribution in [3.63, 3.8) is 0 Å². The highest BCUT2D eigenvalue weighted by molar-refractivity contribution is 7.47. The second-order valence-corrected chi connectivity index (χ2v) is 15.6. The quantitative estimate of drug-likeness (QED) is 0.0202. The lowest BCUT2D eigenvalue weighted by molar-refractivity contribution is -0.147. The van der Waals surface area contributed by atoms with Crippen molar-refractivity contribution in [3.8, 4) is 0 Å². The van der Waals surface area contributed by atoms with Crippen molar-refractivity contribution in [3.05, 3.63) is 109 Å². The summed E-state index contributed by atoms with van der Waals surface area (Å²) in [5.41, 5.74) is 0. The summed E-state index contributed by atoms with van der Waals surface area (Å²) >= 11 is 0. The SMILES string of the molecule is CC/C=C\C/C=C\C/C=C\C/C=C\C/C=C\C/C=C\C/C=C\CCCC(=O)OCC(O)COP(=O)(O)OCC(NC(=O)CCCCCCC/C=C\C/C=C\CCC)C(=O)O. The second-order valence-electron chi connectivity index (χ2n) is 14.1. The molecule has 0 aliphatic heterocycles. The van der Waals surface area contributed by atoms with Gasteiger partial charge in [-0.05, 0) is 89.9 Å². The molecule has 0 aliphatic rings. The van der Waals surface area contributed by atoms with Gasteiger partial charge in [0.2, 0.25) is 5.91 Å². The Balaban J connectivity index is 4.02. The predicted molar refractivity (Wildman–Crippen MR) is 244 cm³/mol. The molecule has 0 radical (unpaired) electrons. The van der Waals surface area contributed by atoms with Crippen LogP contribution in [0.25, 0.3) is 0 Å². The number of hydrogen-bond donors (Lipinski definition) is 4. The van der Waals surface area contributed by atoms with Crippen LogP contribution >= 0.6 is 7.82 Å². The zero-order chi connectivity index (χ0) is 44.2. The number of allylic oxidation sites excluding steroid dienone is 18. The van der Waals surface area contributed by atoms with Crippen molar-refractivity contribution in [2.45, 2.75) is 154 Å². The van der Waals surface area contributed by atoms with E-state index in [1.165, 1.54) is 0 Å². The van der Waals surface area contributed by atoms with Crippen LogP contribution in [0.5, 0.6) is 0 Å². The van der Waals surface area contributed by atoms with Crippen LogP contribution in [0, 0.1) is 0 Å². The second kappa shape index (κ2) is 41.9. The number of phosphoric acid groups is 1. The van der Waals surface area contributed by atoms with Gasteiger partial charge >= 0.3 is 19.8 Å². The van der Waals surface area contributed by atoms with Crippen LogP contribution in [0.2, 0.25) is 0 Å². The summed E-state index contributed by atoms with van der Waals surface area (Å²) in [7, 11) is -4.78. The summed E-state index contributed by atoms with van der Waals surface area (Å²) in [6.45, 7) is 2.31. The summed E-state index contributed by atoms with van der Waals surface area (Å²) in [5, 5.41) is 21.8. The number of ether oxygens (including phenoxy) is 1. The summed E-state index contributed by atoms with van der Waals surface area (Å²) in [4.78, 5) is 45.9. The highest BCUT2D eigenvalue weighted by atomic mass is 31.2. The molecule has 0 aromatic heterocycles. The lowest BCUT2D eigenvalue weighted by atomic mass is 10.1. The molecule has 0 aromatic carbocycles. The smallest absolute Gasteiger partial charge is 0.472 e. The number of carboxylic acid groups (broad SMARTS) is 1. The van der Waals surface area contributed by atoms with Gasteiger partial charge in [0.1, 0.15) is 12.7 Å². The largest absolute Gasteiger partial charge is 0.480 e. The summed E-state index contributed by atoms with van der Waals surface area (Å²) in [6, 6.07) is -1.57. The summed E-state index contributed by atoms with van der Waals surface area (Å²) < 4.78 is 26.8. The molecule has 0 aliphatic carbocycles. The van der Waals surface area contributed by atoms with E-state index in [1.807, 2.05) is 12.2 Å². The molecule has 3 atom stereocenters. The molecule has 0 saturated heterocycles. The Morgan fingerprint density at radius 1 is 0.550 bits per heavy atom. The van der Waals surface area contributed by atoms with Crippen molar-refractivity contribution in [1.82, 2.24) is 5.32 Å². The van der Waals surface area contributed by atoms with Crippen molar-refractivity contribution < 1.29 is 47.8 Å². The van der Waals surface area contributed by atoms with Gasteiger partial charge in [0, 0.05) is 12.8 Å². The van der Waals surface area contributed by atoms with Crippen molar-refractivity contribution in [1.29, 1.82) is 0 Å². The number of carbonyl (C=O) groups is 3. The van der Waals surface area contributed by atoms with Gasteiger partial charge in [-0.2, -0.15) is 0 Å². The Bertz CT molecular complexity index is 1430. The van der Waals surface area contributed by atoms with Gasteiger partial charge in [-0.15, -0.1) is 0 Å². The first kappa shape index (κ1) is 56.1. The molecule has 4 N–H and O–H groups in total. The molecule has 338 valence electrons. The molecular formula is C48H76NO10P. The van der Waals surface area contributed by atoms with E-state index < -0.39 is 57.6 Å². The average Bonchev–Trinajstić information content (AvgIpc) is 3.22. The molecule has 0 fully saturated rings.